The molecule has 25 heavy (non-hydrogen) atoms. The number of thioether (sulfide) groups is 1. The third kappa shape index (κ3) is 4.10. The van der Waals surface area contributed by atoms with Crippen molar-refractivity contribution in [3.63, 3.8) is 0 Å². The number of carbonyl (C=O) groups is 1. The van der Waals surface area contributed by atoms with E-state index in [1.165, 1.54) is 42.8 Å². The lowest BCUT2D eigenvalue weighted by Crippen LogP contribution is -2.32. The first-order valence-corrected chi connectivity index (χ1v) is 11.0. The molecule has 0 aromatic carbocycles. The lowest BCUT2D eigenvalue weighted by atomic mass is 10.1. The van der Waals surface area contributed by atoms with Crippen LogP contribution in [0, 0.1) is 0 Å². The van der Waals surface area contributed by atoms with Crippen LogP contribution in [0.25, 0.3) is 0 Å². The van der Waals surface area contributed by atoms with Gasteiger partial charge in [-0.1, -0.05) is 6.42 Å². The molecule has 2 aliphatic heterocycles. The number of amides is 1. The number of likely N-dealkylation sites (tertiary alicyclic amines) is 1. The third-order valence-electron chi connectivity index (χ3n) is 4.91. The maximum absolute atomic E-state index is 12.7. The second-order valence-electron chi connectivity index (χ2n) is 6.68. The first kappa shape index (κ1) is 17.1. The zero-order chi connectivity index (χ0) is 17.1. The molecule has 0 bridgehead atoms. The van der Waals surface area contributed by atoms with Gasteiger partial charge in [-0.2, -0.15) is 5.10 Å². The number of aryl methyl sites for hydroxylation is 1. The lowest BCUT2D eigenvalue weighted by Gasteiger charge is -2.26. The number of piperidine rings is 1. The van der Waals surface area contributed by atoms with Crippen molar-refractivity contribution in [1.82, 2.24) is 14.7 Å². The number of anilines is 1. The molecule has 2 aliphatic rings. The lowest BCUT2D eigenvalue weighted by molar-refractivity contribution is -0.115. The number of fused-ring (bicyclic) bond motifs is 1. The quantitative estimate of drug-likeness (QED) is 0.869. The van der Waals surface area contributed by atoms with Gasteiger partial charge in [0.05, 0.1) is 18.4 Å². The Balaban J connectivity index is 1.33. The van der Waals surface area contributed by atoms with Gasteiger partial charge >= 0.3 is 0 Å². The van der Waals surface area contributed by atoms with Gasteiger partial charge in [0.15, 0.2) is 0 Å². The van der Waals surface area contributed by atoms with Gasteiger partial charge < -0.3 is 10.2 Å². The summed E-state index contributed by atoms with van der Waals surface area (Å²) in [7, 11) is 0. The van der Waals surface area contributed by atoms with E-state index in [9.17, 15) is 4.79 Å². The largest absolute Gasteiger partial charge is 0.322 e. The maximum atomic E-state index is 12.7. The Bertz CT molecular complexity index is 720. The van der Waals surface area contributed by atoms with E-state index in [0.717, 1.165) is 31.0 Å². The summed E-state index contributed by atoms with van der Waals surface area (Å²) < 4.78 is 1.94. The third-order valence-corrected chi connectivity index (χ3v) is 7.15. The van der Waals surface area contributed by atoms with Gasteiger partial charge in [-0.3, -0.25) is 9.48 Å². The number of nitrogens with one attached hydrogen (secondary N) is 1. The van der Waals surface area contributed by atoms with Crippen molar-refractivity contribution >= 4 is 34.7 Å². The maximum Gasteiger partial charge on any atom is 0.242 e. The number of thiophene rings is 1. The molecule has 0 saturated carbocycles. The summed E-state index contributed by atoms with van der Waals surface area (Å²) in [6.45, 7) is 4.31. The van der Waals surface area contributed by atoms with E-state index in [2.05, 4.69) is 26.8 Å². The first-order valence-electron chi connectivity index (χ1n) is 9.03. The predicted octanol–water partition coefficient (Wildman–Crippen LogP) is 3.40. The molecule has 5 nitrogen and oxygen atoms in total. The molecule has 134 valence electrons. The minimum Gasteiger partial charge on any atom is -0.322 e. The van der Waals surface area contributed by atoms with Crippen LogP contribution in [0.5, 0.6) is 0 Å². The fraction of sp³-hybridized carbons (Fsp3) is 0.556. The standard InChI is InChI=1S/C18H24N4OS2/c23-18(17-15-4-10-24-16(15)5-11-25-17)20-14-12-19-22(13-14)9-8-21-6-2-1-3-7-21/h4,10,12-13,17H,1-3,5-9,11H2,(H,20,23). The molecule has 4 rings (SSSR count). The van der Waals surface area contributed by atoms with Crippen molar-refractivity contribution in [3.8, 4) is 0 Å². The van der Waals surface area contributed by atoms with Crippen LogP contribution in [-0.4, -0.2) is 46.0 Å². The SMILES string of the molecule is O=C(Nc1cnn(CCN2CCCCC2)c1)C1SCCc2sccc21. The molecule has 1 amide bonds. The van der Waals surface area contributed by atoms with Gasteiger partial charge in [-0.15, -0.1) is 23.1 Å². The van der Waals surface area contributed by atoms with Crippen molar-refractivity contribution in [2.24, 2.45) is 0 Å². The van der Waals surface area contributed by atoms with Crippen LogP contribution in [0.3, 0.4) is 0 Å². The van der Waals surface area contributed by atoms with Crippen LogP contribution in [0.4, 0.5) is 5.69 Å². The zero-order valence-corrected chi connectivity index (χ0v) is 16.0. The van der Waals surface area contributed by atoms with E-state index >= 15 is 0 Å². The molecule has 0 spiro atoms. The van der Waals surface area contributed by atoms with Crippen LogP contribution < -0.4 is 5.32 Å². The van der Waals surface area contributed by atoms with Crippen LogP contribution in [0.15, 0.2) is 23.8 Å². The average Bonchev–Trinajstić information content (AvgIpc) is 3.29. The Kier molecular flexibility index (Phi) is 5.43. The van der Waals surface area contributed by atoms with Gasteiger partial charge in [0.25, 0.3) is 0 Å². The minimum absolute atomic E-state index is 0.0694. The molecule has 4 heterocycles. The normalized spacial score (nSPS) is 21.0. The van der Waals surface area contributed by atoms with Gasteiger partial charge in [0, 0.05) is 17.6 Å². The molecule has 0 aliphatic carbocycles. The molecular weight excluding hydrogens is 352 g/mol. The topological polar surface area (TPSA) is 50.2 Å². The van der Waals surface area contributed by atoms with Crippen molar-refractivity contribution in [2.45, 2.75) is 37.5 Å². The summed E-state index contributed by atoms with van der Waals surface area (Å²) in [5.74, 6) is 1.08. The summed E-state index contributed by atoms with van der Waals surface area (Å²) in [4.78, 5) is 16.5. The number of rotatable bonds is 5. The van der Waals surface area contributed by atoms with Crippen LogP contribution >= 0.6 is 23.1 Å². The Morgan fingerprint density at radius 1 is 1.28 bits per heavy atom. The molecule has 7 heteroatoms. The fourth-order valence-corrected chi connectivity index (χ4v) is 5.84. The van der Waals surface area contributed by atoms with Gasteiger partial charge in [-0.05, 0) is 55.1 Å². The average molecular weight is 377 g/mol. The highest BCUT2D eigenvalue weighted by atomic mass is 32.2. The van der Waals surface area contributed by atoms with E-state index in [-0.39, 0.29) is 11.2 Å². The Morgan fingerprint density at radius 2 is 2.16 bits per heavy atom. The number of aromatic nitrogens is 2. The predicted molar refractivity (Wildman–Crippen MR) is 104 cm³/mol. The van der Waals surface area contributed by atoms with Crippen molar-refractivity contribution in [3.05, 3.63) is 34.3 Å². The number of hydrogen-bond donors (Lipinski definition) is 1. The number of carbonyl (C=O) groups excluding carboxylic acids is 1. The molecule has 1 N–H and O–H groups in total. The Morgan fingerprint density at radius 3 is 3.04 bits per heavy atom. The summed E-state index contributed by atoms with van der Waals surface area (Å²) in [5.41, 5.74) is 1.99. The molecule has 1 fully saturated rings. The van der Waals surface area contributed by atoms with Gasteiger partial charge in [-0.25, -0.2) is 0 Å². The molecule has 1 saturated heterocycles. The first-order chi connectivity index (χ1) is 12.3. The summed E-state index contributed by atoms with van der Waals surface area (Å²) in [6, 6.07) is 2.10. The zero-order valence-electron chi connectivity index (χ0n) is 14.3. The molecule has 2 aromatic rings. The van der Waals surface area contributed by atoms with Crippen LogP contribution in [0.1, 0.15) is 35.0 Å². The summed E-state index contributed by atoms with van der Waals surface area (Å²) in [5, 5.41) is 9.45. The van der Waals surface area contributed by atoms with E-state index in [4.69, 9.17) is 0 Å². The highest BCUT2D eigenvalue weighted by Crippen LogP contribution is 2.39. The van der Waals surface area contributed by atoms with Crippen LogP contribution in [-0.2, 0) is 17.8 Å². The molecule has 1 atom stereocenters. The smallest absolute Gasteiger partial charge is 0.242 e. The number of nitrogens with zero attached hydrogens (tertiary/aromatic N) is 3. The molecule has 2 aromatic heterocycles. The molecular formula is C18H24N4OS2. The van der Waals surface area contributed by atoms with E-state index in [1.54, 1.807) is 29.3 Å². The van der Waals surface area contributed by atoms with Crippen LogP contribution in [0.2, 0.25) is 0 Å². The van der Waals surface area contributed by atoms with E-state index < -0.39 is 0 Å². The Labute approximate surface area is 156 Å². The van der Waals surface area contributed by atoms with E-state index in [1.807, 2.05) is 10.9 Å². The number of hydrogen-bond acceptors (Lipinski definition) is 5. The minimum atomic E-state index is -0.0910. The van der Waals surface area contributed by atoms with Crippen molar-refractivity contribution in [1.29, 1.82) is 0 Å². The molecule has 1 unspecified atom stereocenters. The summed E-state index contributed by atoms with van der Waals surface area (Å²) in [6.07, 6.45) is 8.77. The van der Waals surface area contributed by atoms with Gasteiger partial charge in [0.2, 0.25) is 5.91 Å². The second kappa shape index (κ2) is 7.93. The molecule has 0 radical (unpaired) electrons. The highest BCUT2D eigenvalue weighted by Gasteiger charge is 2.28. The fourth-order valence-electron chi connectivity index (χ4n) is 3.55. The van der Waals surface area contributed by atoms with Crippen molar-refractivity contribution < 1.29 is 4.79 Å². The van der Waals surface area contributed by atoms with Gasteiger partial charge in [0.1, 0.15) is 5.25 Å². The van der Waals surface area contributed by atoms with Crippen molar-refractivity contribution in [2.75, 3.05) is 30.7 Å². The second-order valence-corrected chi connectivity index (χ2v) is 8.90. The Hall–Kier alpha value is -1.31. The summed E-state index contributed by atoms with van der Waals surface area (Å²) >= 11 is 3.50. The van der Waals surface area contributed by atoms with E-state index in [0.29, 0.717) is 0 Å². The monoisotopic (exact) mass is 376 g/mol. The highest BCUT2D eigenvalue weighted by molar-refractivity contribution is 8.00.